The molecule has 18 heavy (non-hydrogen) atoms. The van der Waals surface area contributed by atoms with E-state index >= 15 is 0 Å². The number of imide groups is 1. The Labute approximate surface area is 118 Å². The van der Waals surface area contributed by atoms with E-state index < -0.39 is 6.03 Å². The van der Waals surface area contributed by atoms with Gasteiger partial charge in [0.15, 0.2) is 0 Å². The van der Waals surface area contributed by atoms with E-state index in [9.17, 15) is 9.59 Å². The van der Waals surface area contributed by atoms with E-state index in [-0.39, 0.29) is 11.7 Å². The number of halogens is 1. The predicted molar refractivity (Wildman–Crippen MR) is 76.5 cm³/mol. The monoisotopic (exact) mass is 331 g/mol. The summed E-state index contributed by atoms with van der Waals surface area (Å²) in [5, 5.41) is 4.70. The molecule has 5 nitrogen and oxygen atoms in total. The minimum Gasteiger partial charge on any atom is -0.398 e. The Hall–Kier alpha value is -1.21. The van der Waals surface area contributed by atoms with Gasteiger partial charge in [-0.2, -0.15) is 0 Å². The van der Waals surface area contributed by atoms with Gasteiger partial charge in [0.05, 0.1) is 5.75 Å². The third kappa shape index (κ3) is 4.97. The third-order valence-electron chi connectivity index (χ3n) is 1.92. The summed E-state index contributed by atoms with van der Waals surface area (Å²) in [6.07, 6.45) is 0. The summed E-state index contributed by atoms with van der Waals surface area (Å²) in [7, 11) is 0. The van der Waals surface area contributed by atoms with E-state index in [1.54, 1.807) is 13.0 Å². The molecule has 0 saturated carbocycles. The fraction of sp³-hybridized carbons (Fsp3) is 0.273. The number of nitrogen functional groups attached to an aromatic ring is 1. The zero-order valence-electron chi connectivity index (χ0n) is 9.83. The standard InChI is InChI=1S/C11H14BrN3O2S/c1-2-14-11(17)15-10(16)6-18-9-4-3-7(12)5-8(9)13/h3-5H,2,6,13H2,1H3,(H2,14,15,16,17). The van der Waals surface area contributed by atoms with Crippen molar-refractivity contribution in [3.05, 3.63) is 22.7 Å². The lowest BCUT2D eigenvalue weighted by atomic mass is 10.3. The van der Waals surface area contributed by atoms with Crippen LogP contribution in [0.5, 0.6) is 0 Å². The van der Waals surface area contributed by atoms with Crippen LogP contribution in [0.15, 0.2) is 27.6 Å². The summed E-state index contributed by atoms with van der Waals surface area (Å²) in [5.41, 5.74) is 6.39. The highest BCUT2D eigenvalue weighted by Gasteiger charge is 2.08. The molecule has 0 saturated heterocycles. The first-order chi connectivity index (χ1) is 8.52. The molecule has 1 aromatic rings. The van der Waals surface area contributed by atoms with Crippen LogP contribution in [0.2, 0.25) is 0 Å². The highest BCUT2D eigenvalue weighted by Crippen LogP contribution is 2.27. The van der Waals surface area contributed by atoms with Crippen LogP contribution in [0.3, 0.4) is 0 Å². The number of nitrogens with one attached hydrogen (secondary N) is 2. The number of benzene rings is 1. The van der Waals surface area contributed by atoms with Gasteiger partial charge in [0.2, 0.25) is 5.91 Å². The quantitative estimate of drug-likeness (QED) is 0.581. The van der Waals surface area contributed by atoms with Crippen molar-refractivity contribution in [1.82, 2.24) is 10.6 Å². The summed E-state index contributed by atoms with van der Waals surface area (Å²) in [6, 6.07) is 4.96. The number of carbonyl (C=O) groups excluding carboxylic acids is 2. The maximum Gasteiger partial charge on any atom is 0.321 e. The molecule has 0 radical (unpaired) electrons. The van der Waals surface area contributed by atoms with Crippen molar-refractivity contribution in [3.8, 4) is 0 Å². The molecule has 4 N–H and O–H groups in total. The first kappa shape index (κ1) is 14.8. The number of rotatable bonds is 4. The summed E-state index contributed by atoms with van der Waals surface area (Å²) in [6.45, 7) is 2.26. The molecule has 0 bridgehead atoms. The number of hydrogen-bond acceptors (Lipinski definition) is 4. The maximum atomic E-state index is 11.4. The van der Waals surface area contributed by atoms with Crippen LogP contribution < -0.4 is 16.4 Å². The molecule has 1 aromatic carbocycles. The normalized spacial score (nSPS) is 9.89. The molecule has 0 fully saturated rings. The molecule has 0 atom stereocenters. The summed E-state index contributed by atoms with van der Waals surface area (Å²) in [4.78, 5) is 23.3. The molecule has 0 heterocycles. The van der Waals surface area contributed by atoms with E-state index in [1.165, 1.54) is 11.8 Å². The molecule has 7 heteroatoms. The van der Waals surface area contributed by atoms with E-state index in [0.29, 0.717) is 12.2 Å². The average Bonchev–Trinajstić information content (AvgIpc) is 2.28. The lowest BCUT2D eigenvalue weighted by molar-refractivity contribution is -0.117. The molecule has 1 rings (SSSR count). The fourth-order valence-corrected chi connectivity index (χ4v) is 2.29. The van der Waals surface area contributed by atoms with Gasteiger partial charge < -0.3 is 11.1 Å². The maximum absolute atomic E-state index is 11.4. The average molecular weight is 332 g/mol. The van der Waals surface area contributed by atoms with E-state index in [4.69, 9.17) is 5.73 Å². The van der Waals surface area contributed by atoms with Gasteiger partial charge in [-0.05, 0) is 25.1 Å². The second kappa shape index (κ2) is 7.27. The highest BCUT2D eigenvalue weighted by atomic mass is 79.9. The van der Waals surface area contributed by atoms with Crippen LogP contribution in [0.1, 0.15) is 6.92 Å². The Morgan fingerprint density at radius 3 is 2.78 bits per heavy atom. The second-order valence-electron chi connectivity index (χ2n) is 3.38. The molecule has 0 aromatic heterocycles. The zero-order chi connectivity index (χ0) is 13.5. The molecular formula is C11H14BrN3O2S. The SMILES string of the molecule is CCNC(=O)NC(=O)CSc1ccc(Br)cc1N. The number of amides is 3. The van der Waals surface area contributed by atoms with Gasteiger partial charge in [0.1, 0.15) is 0 Å². The summed E-state index contributed by atoms with van der Waals surface area (Å²) in [5.74, 6) is -0.212. The molecule has 98 valence electrons. The van der Waals surface area contributed by atoms with Crippen LogP contribution in [0.4, 0.5) is 10.5 Å². The molecule has 3 amide bonds. The number of anilines is 1. The molecule has 0 unspecified atom stereocenters. The number of urea groups is 1. The number of thioether (sulfide) groups is 1. The Balaban J connectivity index is 2.45. The first-order valence-electron chi connectivity index (χ1n) is 5.28. The van der Waals surface area contributed by atoms with Gasteiger partial charge in [-0.15, -0.1) is 11.8 Å². The topological polar surface area (TPSA) is 84.2 Å². The Kier molecular flexibility index (Phi) is 6.00. The van der Waals surface area contributed by atoms with Crippen molar-refractivity contribution in [2.75, 3.05) is 18.0 Å². The number of carbonyl (C=O) groups is 2. The number of hydrogen-bond donors (Lipinski definition) is 3. The predicted octanol–water partition coefficient (Wildman–Crippen LogP) is 1.97. The van der Waals surface area contributed by atoms with Gasteiger partial charge >= 0.3 is 6.03 Å². The summed E-state index contributed by atoms with van der Waals surface area (Å²) >= 11 is 4.59. The third-order valence-corrected chi connectivity index (χ3v) is 3.50. The van der Waals surface area contributed by atoms with Gasteiger partial charge in [0.25, 0.3) is 0 Å². The summed E-state index contributed by atoms with van der Waals surface area (Å²) < 4.78 is 0.885. The van der Waals surface area contributed by atoms with Gasteiger partial charge in [-0.25, -0.2) is 4.79 Å². The minimum absolute atomic E-state index is 0.142. The van der Waals surface area contributed by atoms with E-state index in [0.717, 1.165) is 9.37 Å². The van der Waals surface area contributed by atoms with Crippen molar-refractivity contribution < 1.29 is 9.59 Å². The first-order valence-corrected chi connectivity index (χ1v) is 7.06. The fourth-order valence-electron chi connectivity index (χ4n) is 1.16. The van der Waals surface area contributed by atoms with Gasteiger partial charge in [-0.1, -0.05) is 15.9 Å². The molecule has 0 spiro atoms. The Bertz CT molecular complexity index is 454. The van der Waals surface area contributed by atoms with E-state index in [1.807, 2.05) is 12.1 Å². The van der Waals surface area contributed by atoms with Gasteiger partial charge in [-0.3, -0.25) is 10.1 Å². The van der Waals surface area contributed by atoms with Crippen LogP contribution in [-0.4, -0.2) is 24.2 Å². The molecule has 0 aliphatic rings. The largest absolute Gasteiger partial charge is 0.398 e. The molecule has 0 aliphatic heterocycles. The highest BCUT2D eigenvalue weighted by molar-refractivity contribution is 9.10. The van der Waals surface area contributed by atoms with Crippen molar-refractivity contribution in [3.63, 3.8) is 0 Å². The van der Waals surface area contributed by atoms with Crippen LogP contribution in [0.25, 0.3) is 0 Å². The minimum atomic E-state index is -0.480. The van der Waals surface area contributed by atoms with Crippen molar-refractivity contribution >= 4 is 45.3 Å². The smallest absolute Gasteiger partial charge is 0.321 e. The lowest BCUT2D eigenvalue weighted by Gasteiger charge is -2.06. The van der Waals surface area contributed by atoms with E-state index in [2.05, 4.69) is 26.6 Å². The van der Waals surface area contributed by atoms with Crippen molar-refractivity contribution in [2.24, 2.45) is 0 Å². The van der Waals surface area contributed by atoms with Crippen LogP contribution >= 0.6 is 27.7 Å². The second-order valence-corrected chi connectivity index (χ2v) is 5.31. The van der Waals surface area contributed by atoms with Crippen LogP contribution in [0, 0.1) is 0 Å². The Morgan fingerprint density at radius 1 is 1.44 bits per heavy atom. The van der Waals surface area contributed by atoms with Crippen molar-refractivity contribution in [2.45, 2.75) is 11.8 Å². The zero-order valence-corrected chi connectivity index (χ0v) is 12.2. The molecular weight excluding hydrogens is 318 g/mol. The molecule has 0 aliphatic carbocycles. The number of nitrogens with two attached hydrogens (primary N) is 1. The Morgan fingerprint density at radius 2 is 2.17 bits per heavy atom. The van der Waals surface area contributed by atoms with Gasteiger partial charge in [0, 0.05) is 21.6 Å². The van der Waals surface area contributed by atoms with Crippen molar-refractivity contribution in [1.29, 1.82) is 0 Å². The van der Waals surface area contributed by atoms with Crippen LogP contribution in [-0.2, 0) is 4.79 Å². The lowest BCUT2D eigenvalue weighted by Crippen LogP contribution is -2.40.